The van der Waals surface area contributed by atoms with E-state index in [1.54, 1.807) is 0 Å². The highest BCUT2D eigenvalue weighted by molar-refractivity contribution is 9.10. The van der Waals surface area contributed by atoms with E-state index < -0.39 is 11.9 Å². The Labute approximate surface area is 89.6 Å². The van der Waals surface area contributed by atoms with Crippen LogP contribution in [0.2, 0.25) is 0 Å². The Hall–Kier alpha value is -0.100. The Kier molecular flexibility index (Phi) is 3.34. The van der Waals surface area contributed by atoms with Crippen LogP contribution in [-0.4, -0.2) is 4.98 Å². The lowest BCUT2D eigenvalue weighted by Crippen LogP contribution is -2.09. The van der Waals surface area contributed by atoms with Crippen molar-refractivity contribution >= 4 is 31.9 Å². The summed E-state index contributed by atoms with van der Waals surface area (Å²) in [5.41, 5.74) is -0.355. The van der Waals surface area contributed by atoms with Gasteiger partial charge in [0.1, 0.15) is 0 Å². The molecule has 1 nitrogen and oxygen atoms in total. The lowest BCUT2D eigenvalue weighted by Gasteiger charge is -2.09. The SMILES string of the molecule is FC(F)(F)c1nccc(CBr)c1Br. The van der Waals surface area contributed by atoms with Gasteiger partial charge in [-0.2, -0.15) is 13.2 Å². The third kappa shape index (κ3) is 2.43. The van der Waals surface area contributed by atoms with Crippen molar-refractivity contribution in [3.8, 4) is 0 Å². The smallest absolute Gasteiger partial charge is 0.251 e. The first-order valence-corrected chi connectivity index (χ1v) is 5.15. The van der Waals surface area contributed by atoms with Crippen molar-refractivity contribution in [1.82, 2.24) is 4.98 Å². The predicted molar refractivity (Wildman–Crippen MR) is 49.6 cm³/mol. The summed E-state index contributed by atoms with van der Waals surface area (Å²) < 4.78 is 36.8. The van der Waals surface area contributed by atoms with Gasteiger partial charge in [-0.15, -0.1) is 0 Å². The van der Waals surface area contributed by atoms with Gasteiger partial charge in [0.05, 0.1) is 4.47 Å². The fourth-order valence-corrected chi connectivity index (χ4v) is 2.23. The van der Waals surface area contributed by atoms with Crippen LogP contribution in [-0.2, 0) is 11.5 Å². The maximum Gasteiger partial charge on any atom is 0.434 e. The summed E-state index contributed by atoms with van der Waals surface area (Å²) in [5.74, 6) is 0. The number of halogens is 5. The number of rotatable bonds is 1. The number of pyridine rings is 1. The van der Waals surface area contributed by atoms with Crippen LogP contribution in [0.15, 0.2) is 16.7 Å². The highest BCUT2D eigenvalue weighted by Gasteiger charge is 2.35. The van der Waals surface area contributed by atoms with Gasteiger partial charge >= 0.3 is 6.18 Å². The van der Waals surface area contributed by atoms with Crippen LogP contribution in [0.1, 0.15) is 11.3 Å². The Morgan fingerprint density at radius 1 is 1.38 bits per heavy atom. The van der Waals surface area contributed by atoms with Gasteiger partial charge in [-0.25, -0.2) is 0 Å². The molecule has 1 aromatic rings. The molecule has 1 rings (SSSR count). The minimum Gasteiger partial charge on any atom is -0.251 e. The number of hydrogen-bond donors (Lipinski definition) is 0. The predicted octanol–water partition coefficient (Wildman–Crippen LogP) is 3.76. The molecule has 0 saturated heterocycles. The molecule has 0 aliphatic carbocycles. The van der Waals surface area contributed by atoms with E-state index in [9.17, 15) is 13.2 Å². The van der Waals surface area contributed by atoms with Crippen molar-refractivity contribution in [1.29, 1.82) is 0 Å². The number of nitrogens with zero attached hydrogens (tertiary/aromatic N) is 1. The summed E-state index contributed by atoms with van der Waals surface area (Å²) in [6, 6.07) is 1.52. The lowest BCUT2D eigenvalue weighted by atomic mass is 10.2. The summed E-state index contributed by atoms with van der Waals surface area (Å²) in [5, 5.41) is 0.360. The average Bonchev–Trinajstić information content (AvgIpc) is 2.02. The van der Waals surface area contributed by atoms with Crippen LogP contribution < -0.4 is 0 Å². The summed E-state index contributed by atoms with van der Waals surface area (Å²) in [7, 11) is 0. The van der Waals surface area contributed by atoms with Crippen molar-refractivity contribution in [2.45, 2.75) is 11.5 Å². The second-order valence-electron chi connectivity index (χ2n) is 2.26. The maximum absolute atomic E-state index is 12.3. The van der Waals surface area contributed by atoms with Crippen LogP contribution in [0.25, 0.3) is 0 Å². The molecule has 0 N–H and O–H groups in total. The Morgan fingerprint density at radius 3 is 2.46 bits per heavy atom. The van der Waals surface area contributed by atoms with Crippen molar-refractivity contribution < 1.29 is 13.2 Å². The molecule has 1 aromatic heterocycles. The number of hydrogen-bond acceptors (Lipinski definition) is 1. The summed E-state index contributed by atoms with van der Waals surface area (Å²) in [4.78, 5) is 3.27. The fourth-order valence-electron chi connectivity index (χ4n) is 0.785. The molecule has 0 aliphatic rings. The first-order chi connectivity index (χ1) is 5.96. The largest absolute Gasteiger partial charge is 0.434 e. The zero-order valence-corrected chi connectivity index (χ0v) is 9.37. The van der Waals surface area contributed by atoms with E-state index in [2.05, 4.69) is 36.8 Å². The summed E-state index contributed by atoms with van der Waals surface area (Å²) >= 11 is 5.95. The molecule has 13 heavy (non-hydrogen) atoms. The zero-order chi connectivity index (χ0) is 10.1. The molecular formula is C7H4Br2F3N. The van der Waals surface area contributed by atoms with Crippen molar-refractivity contribution in [3.05, 3.63) is 28.0 Å². The minimum absolute atomic E-state index is 0.000579. The monoisotopic (exact) mass is 317 g/mol. The van der Waals surface area contributed by atoms with E-state index in [-0.39, 0.29) is 4.47 Å². The van der Waals surface area contributed by atoms with Gasteiger partial charge in [0.15, 0.2) is 5.69 Å². The van der Waals surface area contributed by atoms with Gasteiger partial charge in [0.25, 0.3) is 0 Å². The molecule has 0 spiro atoms. The van der Waals surface area contributed by atoms with E-state index in [0.29, 0.717) is 10.9 Å². The third-order valence-corrected chi connectivity index (χ3v) is 2.87. The van der Waals surface area contributed by atoms with Crippen molar-refractivity contribution in [3.63, 3.8) is 0 Å². The first kappa shape index (κ1) is 11.0. The molecule has 0 saturated carbocycles. The second kappa shape index (κ2) is 3.96. The molecular weight excluding hydrogens is 315 g/mol. The topological polar surface area (TPSA) is 12.9 Å². The zero-order valence-electron chi connectivity index (χ0n) is 6.20. The molecule has 0 amide bonds. The molecule has 0 radical (unpaired) electrons. The van der Waals surface area contributed by atoms with Crippen LogP contribution in [0.4, 0.5) is 13.2 Å². The Morgan fingerprint density at radius 2 is 2.00 bits per heavy atom. The van der Waals surface area contributed by atoms with E-state index >= 15 is 0 Å². The van der Waals surface area contributed by atoms with Crippen LogP contribution in [0.5, 0.6) is 0 Å². The molecule has 0 bridgehead atoms. The fraction of sp³-hybridized carbons (Fsp3) is 0.286. The summed E-state index contributed by atoms with van der Waals surface area (Å²) in [6.45, 7) is 0. The Balaban J connectivity index is 3.24. The molecule has 0 aliphatic heterocycles. The van der Waals surface area contributed by atoms with E-state index in [1.165, 1.54) is 6.07 Å². The van der Waals surface area contributed by atoms with Gasteiger partial charge in [0.2, 0.25) is 0 Å². The highest BCUT2D eigenvalue weighted by atomic mass is 79.9. The second-order valence-corrected chi connectivity index (χ2v) is 3.62. The van der Waals surface area contributed by atoms with Crippen molar-refractivity contribution in [2.75, 3.05) is 0 Å². The van der Waals surface area contributed by atoms with Crippen LogP contribution in [0.3, 0.4) is 0 Å². The summed E-state index contributed by atoms with van der Waals surface area (Å²) in [6.07, 6.45) is -3.26. The quantitative estimate of drug-likeness (QED) is 0.719. The number of aromatic nitrogens is 1. The van der Waals surface area contributed by atoms with E-state index in [0.717, 1.165) is 6.20 Å². The average molecular weight is 319 g/mol. The standard InChI is InChI=1S/C7H4Br2F3N/c8-3-4-1-2-13-6(5(4)9)7(10,11)12/h1-2H,3H2. The molecule has 0 unspecified atom stereocenters. The molecule has 0 aromatic carbocycles. The number of alkyl halides is 4. The van der Waals surface area contributed by atoms with E-state index in [1.807, 2.05) is 0 Å². The molecule has 0 atom stereocenters. The van der Waals surface area contributed by atoms with Gasteiger partial charge in [0, 0.05) is 11.5 Å². The maximum atomic E-state index is 12.3. The Bertz CT molecular complexity index is 311. The first-order valence-electron chi connectivity index (χ1n) is 3.23. The highest BCUT2D eigenvalue weighted by Crippen LogP contribution is 2.35. The van der Waals surface area contributed by atoms with Gasteiger partial charge in [-0.3, -0.25) is 4.98 Å². The lowest BCUT2D eigenvalue weighted by molar-refractivity contribution is -0.141. The van der Waals surface area contributed by atoms with Crippen molar-refractivity contribution in [2.24, 2.45) is 0 Å². The van der Waals surface area contributed by atoms with Gasteiger partial charge in [-0.05, 0) is 27.6 Å². The van der Waals surface area contributed by atoms with Gasteiger partial charge in [-0.1, -0.05) is 15.9 Å². The van der Waals surface area contributed by atoms with Crippen LogP contribution in [0, 0.1) is 0 Å². The third-order valence-electron chi connectivity index (χ3n) is 1.38. The molecule has 6 heteroatoms. The normalized spacial score (nSPS) is 11.8. The molecule has 0 fully saturated rings. The van der Waals surface area contributed by atoms with Gasteiger partial charge < -0.3 is 0 Å². The van der Waals surface area contributed by atoms with E-state index in [4.69, 9.17) is 0 Å². The minimum atomic E-state index is -4.41. The van der Waals surface area contributed by atoms with Crippen LogP contribution >= 0.6 is 31.9 Å². The molecule has 1 heterocycles. The molecule has 72 valence electrons.